The Morgan fingerprint density at radius 1 is 1.53 bits per heavy atom. The van der Waals surface area contributed by atoms with E-state index in [1.807, 2.05) is 24.3 Å². The maximum atomic E-state index is 10.7. The second-order valence-electron chi connectivity index (χ2n) is 3.93. The zero-order chi connectivity index (χ0) is 12.3. The van der Waals surface area contributed by atoms with E-state index in [0.717, 1.165) is 16.6 Å². The van der Waals surface area contributed by atoms with Crippen molar-refractivity contribution in [3.8, 4) is 5.75 Å². The van der Waals surface area contributed by atoms with Crippen molar-refractivity contribution in [2.45, 2.75) is 25.0 Å². The third kappa shape index (κ3) is 3.44. The number of carbonyl (C=O) groups is 1. The van der Waals surface area contributed by atoms with Crippen molar-refractivity contribution in [1.29, 1.82) is 0 Å². The van der Waals surface area contributed by atoms with Gasteiger partial charge in [0.15, 0.2) is 6.10 Å². The highest BCUT2D eigenvalue weighted by Crippen LogP contribution is 2.22. The molecule has 1 aromatic rings. The third-order valence-electron chi connectivity index (χ3n) is 2.61. The Morgan fingerprint density at radius 3 is 3.00 bits per heavy atom. The van der Waals surface area contributed by atoms with Crippen molar-refractivity contribution >= 4 is 21.9 Å². The predicted molar refractivity (Wildman–Crippen MR) is 65.2 cm³/mol. The highest BCUT2D eigenvalue weighted by Gasteiger charge is 2.30. The van der Waals surface area contributed by atoms with Crippen LogP contribution < -0.4 is 4.74 Å². The monoisotopic (exact) mass is 300 g/mol. The molecule has 1 fully saturated rings. The van der Waals surface area contributed by atoms with Crippen LogP contribution in [0, 0.1) is 0 Å². The molecule has 1 heterocycles. The highest BCUT2D eigenvalue weighted by atomic mass is 79.9. The first-order valence-corrected chi connectivity index (χ1v) is 6.21. The topological polar surface area (TPSA) is 55.8 Å². The fourth-order valence-electron chi connectivity index (χ4n) is 1.76. The summed E-state index contributed by atoms with van der Waals surface area (Å²) in [5.74, 6) is -0.142. The van der Waals surface area contributed by atoms with Crippen LogP contribution in [-0.2, 0) is 9.53 Å². The number of carboxylic acids is 1. The first kappa shape index (κ1) is 12.4. The standard InChI is InChI=1S/C12H13BrO4/c13-8-2-1-3-9(6-8)16-7-10-4-5-11(17-10)12(14)15/h1-3,6,10-11H,4-5,7H2,(H,14,15). The minimum atomic E-state index is -0.894. The van der Waals surface area contributed by atoms with Crippen molar-refractivity contribution in [3.63, 3.8) is 0 Å². The summed E-state index contributed by atoms with van der Waals surface area (Å²) in [4.78, 5) is 10.7. The van der Waals surface area contributed by atoms with Gasteiger partial charge in [0.2, 0.25) is 0 Å². The number of halogens is 1. The van der Waals surface area contributed by atoms with E-state index in [9.17, 15) is 4.79 Å². The maximum absolute atomic E-state index is 10.7. The number of ether oxygens (including phenoxy) is 2. The smallest absolute Gasteiger partial charge is 0.332 e. The second-order valence-corrected chi connectivity index (χ2v) is 4.85. The minimum absolute atomic E-state index is 0.130. The largest absolute Gasteiger partial charge is 0.491 e. The molecule has 1 aromatic carbocycles. The van der Waals surface area contributed by atoms with E-state index in [1.165, 1.54) is 0 Å². The molecule has 2 unspecified atom stereocenters. The molecule has 92 valence electrons. The molecular weight excluding hydrogens is 288 g/mol. The van der Waals surface area contributed by atoms with Crippen LogP contribution in [0.3, 0.4) is 0 Å². The zero-order valence-corrected chi connectivity index (χ0v) is 10.7. The Labute approximate surface area is 108 Å². The minimum Gasteiger partial charge on any atom is -0.491 e. The molecule has 5 heteroatoms. The maximum Gasteiger partial charge on any atom is 0.332 e. The van der Waals surface area contributed by atoms with Gasteiger partial charge in [0.05, 0.1) is 6.10 Å². The lowest BCUT2D eigenvalue weighted by atomic mass is 10.2. The number of rotatable bonds is 4. The van der Waals surface area contributed by atoms with Gasteiger partial charge in [0, 0.05) is 4.47 Å². The van der Waals surface area contributed by atoms with Gasteiger partial charge in [-0.3, -0.25) is 0 Å². The first-order valence-electron chi connectivity index (χ1n) is 5.42. The van der Waals surface area contributed by atoms with Gasteiger partial charge < -0.3 is 14.6 Å². The number of hydrogen-bond donors (Lipinski definition) is 1. The number of hydrogen-bond acceptors (Lipinski definition) is 3. The van der Waals surface area contributed by atoms with Crippen LogP contribution in [0.1, 0.15) is 12.8 Å². The van der Waals surface area contributed by atoms with Crippen molar-refractivity contribution < 1.29 is 19.4 Å². The highest BCUT2D eigenvalue weighted by molar-refractivity contribution is 9.10. The summed E-state index contributed by atoms with van der Waals surface area (Å²) in [6, 6.07) is 7.52. The lowest BCUT2D eigenvalue weighted by Gasteiger charge is -2.12. The van der Waals surface area contributed by atoms with E-state index in [4.69, 9.17) is 14.6 Å². The first-order chi connectivity index (χ1) is 8.15. The van der Waals surface area contributed by atoms with Crippen molar-refractivity contribution in [2.24, 2.45) is 0 Å². The SMILES string of the molecule is O=C(O)C1CCC(COc2cccc(Br)c2)O1. The van der Waals surface area contributed by atoms with Gasteiger partial charge in [-0.15, -0.1) is 0 Å². The van der Waals surface area contributed by atoms with Crippen molar-refractivity contribution in [2.75, 3.05) is 6.61 Å². The van der Waals surface area contributed by atoms with Crippen LogP contribution in [0.2, 0.25) is 0 Å². The molecule has 0 bridgehead atoms. The average Bonchev–Trinajstić information content (AvgIpc) is 2.75. The van der Waals surface area contributed by atoms with Crippen LogP contribution in [0.25, 0.3) is 0 Å². The van der Waals surface area contributed by atoms with Gasteiger partial charge in [-0.05, 0) is 31.0 Å². The lowest BCUT2D eigenvalue weighted by Crippen LogP contribution is -2.23. The Bertz CT molecular complexity index is 407. The number of carboxylic acid groups (broad SMARTS) is 1. The van der Waals surface area contributed by atoms with E-state index in [2.05, 4.69) is 15.9 Å². The molecule has 1 N–H and O–H groups in total. The average molecular weight is 301 g/mol. The van der Waals surface area contributed by atoms with Crippen LogP contribution in [0.15, 0.2) is 28.7 Å². The molecule has 0 aromatic heterocycles. The summed E-state index contributed by atoms with van der Waals surface area (Å²) in [5, 5.41) is 8.78. The number of aliphatic carboxylic acids is 1. The molecule has 0 amide bonds. The van der Waals surface area contributed by atoms with Crippen molar-refractivity contribution in [3.05, 3.63) is 28.7 Å². The Kier molecular flexibility index (Phi) is 4.02. The summed E-state index contributed by atoms with van der Waals surface area (Å²) in [6.07, 6.45) is 0.480. The Morgan fingerprint density at radius 2 is 2.35 bits per heavy atom. The van der Waals surface area contributed by atoms with Gasteiger partial charge in [0.1, 0.15) is 12.4 Å². The summed E-state index contributed by atoms with van der Waals surface area (Å²) in [6.45, 7) is 0.389. The van der Waals surface area contributed by atoms with Gasteiger partial charge in [-0.2, -0.15) is 0 Å². The molecule has 0 aliphatic carbocycles. The van der Waals surface area contributed by atoms with E-state index in [1.54, 1.807) is 0 Å². The van der Waals surface area contributed by atoms with Crippen LogP contribution >= 0.6 is 15.9 Å². The van der Waals surface area contributed by atoms with E-state index in [-0.39, 0.29) is 6.10 Å². The molecule has 0 spiro atoms. The zero-order valence-electron chi connectivity index (χ0n) is 9.14. The second kappa shape index (κ2) is 5.51. The number of benzene rings is 1. The van der Waals surface area contributed by atoms with Gasteiger partial charge in [-0.25, -0.2) is 4.79 Å². The fraction of sp³-hybridized carbons (Fsp3) is 0.417. The van der Waals surface area contributed by atoms with Gasteiger partial charge >= 0.3 is 5.97 Å². The fourth-order valence-corrected chi connectivity index (χ4v) is 2.13. The van der Waals surface area contributed by atoms with E-state index < -0.39 is 12.1 Å². The van der Waals surface area contributed by atoms with E-state index in [0.29, 0.717) is 13.0 Å². The van der Waals surface area contributed by atoms with Crippen LogP contribution in [-0.4, -0.2) is 29.9 Å². The molecular formula is C12H13BrO4. The molecule has 4 nitrogen and oxygen atoms in total. The van der Waals surface area contributed by atoms with Gasteiger partial charge in [0.25, 0.3) is 0 Å². The summed E-state index contributed by atoms with van der Waals surface area (Å²) in [5.41, 5.74) is 0. The predicted octanol–water partition coefficient (Wildman–Crippen LogP) is 2.46. The summed E-state index contributed by atoms with van der Waals surface area (Å²) >= 11 is 3.36. The molecule has 1 saturated heterocycles. The van der Waals surface area contributed by atoms with Crippen LogP contribution in [0.5, 0.6) is 5.75 Å². The molecule has 1 aliphatic heterocycles. The Balaban J connectivity index is 1.82. The molecule has 2 rings (SSSR count). The normalized spacial score (nSPS) is 23.6. The summed E-state index contributed by atoms with van der Waals surface area (Å²) < 4.78 is 11.8. The molecule has 0 radical (unpaired) electrons. The van der Waals surface area contributed by atoms with Crippen LogP contribution in [0.4, 0.5) is 0 Å². The van der Waals surface area contributed by atoms with Gasteiger partial charge in [-0.1, -0.05) is 22.0 Å². The van der Waals surface area contributed by atoms with Crippen molar-refractivity contribution in [1.82, 2.24) is 0 Å². The quantitative estimate of drug-likeness (QED) is 0.928. The molecule has 0 saturated carbocycles. The molecule has 2 atom stereocenters. The molecule has 17 heavy (non-hydrogen) atoms. The third-order valence-corrected chi connectivity index (χ3v) is 3.11. The summed E-state index contributed by atoms with van der Waals surface area (Å²) in [7, 11) is 0. The molecule has 1 aliphatic rings. The Hall–Kier alpha value is -1.07. The van der Waals surface area contributed by atoms with E-state index >= 15 is 0 Å². The lowest BCUT2D eigenvalue weighted by molar-refractivity contribution is -0.149.